The van der Waals surface area contributed by atoms with E-state index in [1.165, 1.54) is 10.6 Å². The Morgan fingerprint density at radius 1 is 1.23 bits per heavy atom. The number of ether oxygens (including phenoxy) is 3. The molecule has 2 atom stereocenters. The number of quaternary nitrogens is 1. The number of nitrogens with one attached hydrogen (secondary N) is 1. The maximum atomic E-state index is 11.6. The number of aliphatic hydroxyl groups is 1. The molecule has 0 saturated carbocycles. The van der Waals surface area contributed by atoms with Gasteiger partial charge in [-0.15, -0.1) is 0 Å². The summed E-state index contributed by atoms with van der Waals surface area (Å²) in [6.45, 7) is 5.26. The second-order valence-corrected chi connectivity index (χ2v) is 7.44. The summed E-state index contributed by atoms with van der Waals surface area (Å²) in [4.78, 5) is 12.7. The van der Waals surface area contributed by atoms with Crippen molar-refractivity contribution in [2.45, 2.75) is 39.0 Å². The van der Waals surface area contributed by atoms with Crippen LogP contribution in [0.3, 0.4) is 0 Å². The highest BCUT2D eigenvalue weighted by Crippen LogP contribution is 2.14. The van der Waals surface area contributed by atoms with Crippen LogP contribution in [0.5, 0.6) is 5.75 Å². The van der Waals surface area contributed by atoms with E-state index in [9.17, 15) is 9.90 Å². The fourth-order valence-electron chi connectivity index (χ4n) is 3.35. The molecule has 1 unspecified atom stereocenters. The summed E-state index contributed by atoms with van der Waals surface area (Å²) < 4.78 is 17.9. The molecule has 0 radical (unpaired) electrons. The molecule has 0 aliphatic carbocycles. The lowest BCUT2D eigenvalue weighted by Gasteiger charge is -2.23. The average molecular weight is 420 g/mol. The van der Waals surface area contributed by atoms with Crippen LogP contribution in [0.15, 0.2) is 42.6 Å². The Morgan fingerprint density at radius 2 is 2.07 bits per heavy atom. The lowest BCUT2D eigenvalue weighted by atomic mass is 10.2. The molecule has 2 aromatic rings. The Bertz CT molecular complexity index is 762. The van der Waals surface area contributed by atoms with E-state index in [1.807, 2.05) is 31.2 Å². The van der Waals surface area contributed by atoms with E-state index < -0.39 is 6.10 Å². The highest BCUT2D eigenvalue weighted by Gasteiger charge is 2.19. The van der Waals surface area contributed by atoms with Gasteiger partial charge in [-0.25, -0.2) is 0 Å². The number of esters is 1. The van der Waals surface area contributed by atoms with Gasteiger partial charge in [-0.1, -0.05) is 19.1 Å². The lowest BCUT2D eigenvalue weighted by Crippen LogP contribution is -3.12. The Labute approximate surface area is 179 Å². The molecule has 0 fully saturated rings. The minimum absolute atomic E-state index is 0.0279. The van der Waals surface area contributed by atoms with Crippen LogP contribution in [0.1, 0.15) is 31.0 Å². The molecule has 0 amide bonds. The van der Waals surface area contributed by atoms with Crippen molar-refractivity contribution in [3.63, 3.8) is 0 Å². The molecular weight excluding hydrogens is 384 g/mol. The first-order chi connectivity index (χ1) is 14.5. The Hall–Kier alpha value is -2.35. The van der Waals surface area contributed by atoms with Crippen molar-refractivity contribution in [2.75, 3.05) is 40.5 Å². The number of carbonyl (C=O) groups is 1. The molecule has 7 heteroatoms. The predicted octanol–water partition coefficient (Wildman–Crippen LogP) is 1.28. The number of nitrogens with zero attached hydrogens (tertiary/aromatic N) is 1. The highest BCUT2D eigenvalue weighted by molar-refractivity contribution is 5.69. The second kappa shape index (κ2) is 13.1. The first kappa shape index (κ1) is 23.9. The number of methoxy groups -OCH3 is 2. The Balaban J connectivity index is 1.98. The van der Waals surface area contributed by atoms with Crippen LogP contribution in [0.4, 0.5) is 0 Å². The molecular formula is C23H35N2O5+. The van der Waals surface area contributed by atoms with Gasteiger partial charge < -0.3 is 28.8 Å². The number of rotatable bonds is 14. The summed E-state index contributed by atoms with van der Waals surface area (Å²) in [7, 11) is 3.34. The largest absolute Gasteiger partial charge is 0.497 e. The molecule has 0 aliphatic rings. The van der Waals surface area contributed by atoms with Crippen LogP contribution >= 0.6 is 0 Å². The lowest BCUT2D eigenvalue weighted by molar-refractivity contribution is -0.917. The van der Waals surface area contributed by atoms with E-state index in [4.69, 9.17) is 14.2 Å². The normalized spacial score (nSPS) is 13.1. The van der Waals surface area contributed by atoms with Crippen molar-refractivity contribution in [3.8, 4) is 5.75 Å². The van der Waals surface area contributed by atoms with Gasteiger partial charge in [-0.2, -0.15) is 0 Å². The molecule has 0 aliphatic heterocycles. The molecule has 166 valence electrons. The zero-order chi connectivity index (χ0) is 21.8. The SMILES string of the molecule is CCCC(=O)OC[C@@H](O)C[NH+](CCOC)Cc1cccn1Cc1cccc(OC)c1. The van der Waals surface area contributed by atoms with E-state index in [0.717, 1.165) is 37.4 Å². The third-order valence-electron chi connectivity index (χ3n) is 4.92. The van der Waals surface area contributed by atoms with Crippen molar-refractivity contribution >= 4 is 5.97 Å². The topological polar surface area (TPSA) is 74.4 Å². The summed E-state index contributed by atoms with van der Waals surface area (Å²) in [6.07, 6.45) is 2.47. The first-order valence-corrected chi connectivity index (χ1v) is 10.5. The van der Waals surface area contributed by atoms with E-state index in [0.29, 0.717) is 19.6 Å². The van der Waals surface area contributed by atoms with Gasteiger partial charge in [0.1, 0.15) is 38.1 Å². The fourth-order valence-corrected chi connectivity index (χ4v) is 3.35. The molecule has 30 heavy (non-hydrogen) atoms. The number of aliphatic hydroxyl groups excluding tert-OH is 1. The molecule has 0 bridgehead atoms. The van der Waals surface area contributed by atoms with Gasteiger partial charge in [-0.3, -0.25) is 4.79 Å². The third kappa shape index (κ3) is 8.18. The third-order valence-corrected chi connectivity index (χ3v) is 4.92. The van der Waals surface area contributed by atoms with Gasteiger partial charge >= 0.3 is 5.97 Å². The minimum atomic E-state index is -0.709. The van der Waals surface area contributed by atoms with Crippen molar-refractivity contribution in [2.24, 2.45) is 0 Å². The van der Waals surface area contributed by atoms with Crippen molar-refractivity contribution in [1.82, 2.24) is 4.57 Å². The van der Waals surface area contributed by atoms with Crippen LogP contribution in [0.25, 0.3) is 0 Å². The van der Waals surface area contributed by atoms with Gasteiger partial charge in [0.25, 0.3) is 0 Å². The van der Waals surface area contributed by atoms with Crippen LogP contribution in [0.2, 0.25) is 0 Å². The number of carbonyl (C=O) groups excluding carboxylic acids is 1. The highest BCUT2D eigenvalue weighted by atomic mass is 16.5. The predicted molar refractivity (Wildman–Crippen MR) is 115 cm³/mol. The first-order valence-electron chi connectivity index (χ1n) is 10.5. The smallest absolute Gasteiger partial charge is 0.305 e. The zero-order valence-corrected chi connectivity index (χ0v) is 18.3. The summed E-state index contributed by atoms with van der Waals surface area (Å²) in [5, 5.41) is 10.4. The summed E-state index contributed by atoms with van der Waals surface area (Å²) in [5.41, 5.74) is 2.33. The van der Waals surface area contributed by atoms with E-state index in [-0.39, 0.29) is 12.6 Å². The van der Waals surface area contributed by atoms with Gasteiger partial charge in [0.05, 0.1) is 19.4 Å². The quantitative estimate of drug-likeness (QED) is 0.451. The van der Waals surface area contributed by atoms with Crippen LogP contribution in [-0.4, -0.2) is 62.3 Å². The van der Waals surface area contributed by atoms with Gasteiger partial charge in [0, 0.05) is 26.3 Å². The van der Waals surface area contributed by atoms with Crippen molar-refractivity contribution in [1.29, 1.82) is 0 Å². The molecule has 2 rings (SSSR count). The minimum Gasteiger partial charge on any atom is -0.497 e. The Morgan fingerprint density at radius 3 is 2.80 bits per heavy atom. The van der Waals surface area contributed by atoms with Gasteiger partial charge in [-0.05, 0) is 36.2 Å². The van der Waals surface area contributed by atoms with E-state index >= 15 is 0 Å². The fraction of sp³-hybridized carbons (Fsp3) is 0.522. The number of aromatic nitrogens is 1. The summed E-state index contributed by atoms with van der Waals surface area (Å²) in [5.74, 6) is 0.580. The Kier molecular flexibility index (Phi) is 10.4. The van der Waals surface area contributed by atoms with Crippen LogP contribution in [-0.2, 0) is 27.4 Å². The monoisotopic (exact) mass is 419 g/mol. The number of benzene rings is 1. The molecule has 1 aromatic carbocycles. The molecule has 1 heterocycles. The van der Waals surface area contributed by atoms with Gasteiger partial charge in [0.2, 0.25) is 0 Å². The molecule has 1 aromatic heterocycles. The maximum Gasteiger partial charge on any atom is 0.305 e. The van der Waals surface area contributed by atoms with Crippen molar-refractivity contribution < 1.29 is 29.0 Å². The standard InChI is InChI=1S/C23H34N2O5/c1-4-7-23(27)30-18-21(26)17-24(12-13-28-2)16-20-9-6-11-25(20)15-19-8-5-10-22(14-19)29-3/h5-6,8-11,14,21,26H,4,7,12-13,15-18H2,1-3H3/p+1/t21-/m0/s1. The molecule has 7 nitrogen and oxygen atoms in total. The van der Waals surface area contributed by atoms with Gasteiger partial charge in [0.15, 0.2) is 0 Å². The zero-order valence-electron chi connectivity index (χ0n) is 18.3. The van der Waals surface area contributed by atoms with Crippen LogP contribution < -0.4 is 9.64 Å². The summed E-state index contributed by atoms with van der Waals surface area (Å²) in [6, 6.07) is 12.2. The van der Waals surface area contributed by atoms with Crippen LogP contribution in [0, 0.1) is 0 Å². The van der Waals surface area contributed by atoms with E-state index in [2.05, 4.69) is 22.9 Å². The number of hydrogen-bond donors (Lipinski definition) is 2. The summed E-state index contributed by atoms with van der Waals surface area (Å²) >= 11 is 0. The second-order valence-electron chi connectivity index (χ2n) is 7.44. The van der Waals surface area contributed by atoms with E-state index in [1.54, 1.807) is 14.2 Å². The molecule has 0 saturated heterocycles. The maximum absolute atomic E-state index is 11.6. The molecule has 0 spiro atoms. The van der Waals surface area contributed by atoms with Crippen molar-refractivity contribution in [3.05, 3.63) is 53.9 Å². The number of hydrogen-bond acceptors (Lipinski definition) is 5. The molecule has 2 N–H and O–H groups in total. The average Bonchev–Trinajstić information content (AvgIpc) is 3.17.